The summed E-state index contributed by atoms with van der Waals surface area (Å²) in [6, 6.07) is 0. The van der Waals surface area contributed by atoms with Crippen molar-refractivity contribution < 1.29 is 9.90 Å². The number of carboxylic acids is 1. The lowest BCUT2D eigenvalue weighted by Crippen LogP contribution is -2.47. The first kappa shape index (κ1) is 14.6. The zero-order valence-electron chi connectivity index (χ0n) is 12.2. The van der Waals surface area contributed by atoms with Crippen molar-refractivity contribution in [1.29, 1.82) is 0 Å². The number of aliphatic carboxylic acids is 1. The van der Waals surface area contributed by atoms with Crippen molar-refractivity contribution in [2.24, 2.45) is 13.0 Å². The third kappa shape index (κ3) is 3.68. The standard InChI is InChI=1S/C13H21N5O2S/c1-16-12(14-15-13(16)21-9-11(19)20)18-6-4-17(5-7-18)8-10-2-3-10/h10H,2-9H2,1H3,(H,19,20). The Bertz CT molecular complexity index is 509. The van der Waals surface area contributed by atoms with Gasteiger partial charge in [0.2, 0.25) is 5.95 Å². The van der Waals surface area contributed by atoms with Gasteiger partial charge >= 0.3 is 5.97 Å². The van der Waals surface area contributed by atoms with E-state index in [-0.39, 0.29) is 5.75 Å². The number of piperazine rings is 1. The monoisotopic (exact) mass is 311 g/mol. The number of anilines is 1. The predicted molar refractivity (Wildman–Crippen MR) is 80.7 cm³/mol. The van der Waals surface area contributed by atoms with Gasteiger partial charge in [-0.25, -0.2) is 0 Å². The molecule has 0 unspecified atom stereocenters. The van der Waals surface area contributed by atoms with Gasteiger partial charge in [0.05, 0.1) is 5.75 Å². The molecule has 21 heavy (non-hydrogen) atoms. The summed E-state index contributed by atoms with van der Waals surface area (Å²) in [6.45, 7) is 5.30. The largest absolute Gasteiger partial charge is 0.481 e. The van der Waals surface area contributed by atoms with E-state index in [0.717, 1.165) is 38.0 Å². The summed E-state index contributed by atoms with van der Waals surface area (Å²) in [7, 11) is 1.90. The smallest absolute Gasteiger partial charge is 0.313 e. The van der Waals surface area contributed by atoms with Crippen LogP contribution < -0.4 is 4.90 Å². The molecule has 1 aromatic heterocycles. The van der Waals surface area contributed by atoms with Gasteiger partial charge in [-0.3, -0.25) is 14.3 Å². The summed E-state index contributed by atoms with van der Waals surface area (Å²) in [5.41, 5.74) is 0. The average Bonchev–Trinajstić information content (AvgIpc) is 3.20. The molecule has 0 amide bonds. The number of thioether (sulfide) groups is 1. The Morgan fingerprint density at radius 3 is 2.62 bits per heavy atom. The molecule has 1 aliphatic carbocycles. The third-order valence-electron chi connectivity index (χ3n) is 4.01. The van der Waals surface area contributed by atoms with Crippen molar-refractivity contribution in [3.63, 3.8) is 0 Å². The van der Waals surface area contributed by atoms with Gasteiger partial charge in [-0.15, -0.1) is 10.2 Å². The summed E-state index contributed by atoms with van der Waals surface area (Å²) in [5, 5.41) is 17.7. The van der Waals surface area contributed by atoms with Crippen molar-refractivity contribution >= 4 is 23.7 Å². The van der Waals surface area contributed by atoms with Crippen LogP contribution in [0, 0.1) is 5.92 Å². The van der Waals surface area contributed by atoms with Crippen molar-refractivity contribution in [1.82, 2.24) is 19.7 Å². The Morgan fingerprint density at radius 1 is 1.29 bits per heavy atom. The van der Waals surface area contributed by atoms with E-state index in [0.29, 0.717) is 5.16 Å². The number of hydrogen-bond acceptors (Lipinski definition) is 6. The van der Waals surface area contributed by atoms with E-state index < -0.39 is 5.97 Å². The van der Waals surface area contributed by atoms with Gasteiger partial charge in [0.25, 0.3) is 0 Å². The second kappa shape index (κ2) is 6.23. The van der Waals surface area contributed by atoms with Crippen LogP contribution in [0.3, 0.4) is 0 Å². The van der Waals surface area contributed by atoms with Crippen molar-refractivity contribution in [3.05, 3.63) is 0 Å². The molecule has 0 radical (unpaired) electrons. The van der Waals surface area contributed by atoms with Crippen LogP contribution >= 0.6 is 11.8 Å². The molecule has 1 aliphatic heterocycles. The molecule has 2 aliphatic rings. The summed E-state index contributed by atoms with van der Waals surface area (Å²) in [6.07, 6.45) is 2.79. The first-order chi connectivity index (χ1) is 10.1. The molecule has 116 valence electrons. The molecular weight excluding hydrogens is 290 g/mol. The zero-order valence-corrected chi connectivity index (χ0v) is 13.1. The Morgan fingerprint density at radius 2 is 2.00 bits per heavy atom. The Balaban J connectivity index is 1.55. The topological polar surface area (TPSA) is 74.5 Å². The van der Waals surface area contributed by atoms with Crippen molar-refractivity contribution in [2.45, 2.75) is 18.0 Å². The highest BCUT2D eigenvalue weighted by molar-refractivity contribution is 7.99. The maximum Gasteiger partial charge on any atom is 0.313 e. The summed E-state index contributed by atoms with van der Waals surface area (Å²) < 4.78 is 1.89. The maximum absolute atomic E-state index is 10.6. The molecule has 2 fully saturated rings. The van der Waals surface area contributed by atoms with Crippen LogP contribution in [0.4, 0.5) is 5.95 Å². The molecule has 0 atom stereocenters. The molecule has 0 bridgehead atoms. The lowest BCUT2D eigenvalue weighted by atomic mass is 10.3. The molecule has 1 N–H and O–H groups in total. The Hall–Kier alpha value is -1.28. The normalized spacial score (nSPS) is 20.0. The van der Waals surface area contributed by atoms with Crippen LogP contribution in [0.2, 0.25) is 0 Å². The molecule has 2 heterocycles. The molecule has 3 rings (SSSR count). The number of rotatable bonds is 6. The van der Waals surface area contributed by atoms with E-state index in [2.05, 4.69) is 20.0 Å². The van der Waals surface area contributed by atoms with Gasteiger partial charge in [0.1, 0.15) is 0 Å². The lowest BCUT2D eigenvalue weighted by molar-refractivity contribution is -0.133. The second-order valence-electron chi connectivity index (χ2n) is 5.76. The number of carbonyl (C=O) groups is 1. The molecule has 1 aromatic rings. The molecule has 1 saturated carbocycles. The molecule has 0 spiro atoms. The van der Waals surface area contributed by atoms with Gasteiger partial charge in [0.15, 0.2) is 5.16 Å². The van der Waals surface area contributed by atoms with E-state index in [4.69, 9.17) is 5.11 Å². The quantitative estimate of drug-likeness (QED) is 0.768. The van der Waals surface area contributed by atoms with Gasteiger partial charge < -0.3 is 10.0 Å². The Kier molecular flexibility index (Phi) is 4.34. The Labute approximate surface area is 128 Å². The molecule has 7 nitrogen and oxygen atoms in total. The number of hydrogen-bond donors (Lipinski definition) is 1. The van der Waals surface area contributed by atoms with Crippen LogP contribution in [0.25, 0.3) is 0 Å². The summed E-state index contributed by atoms with van der Waals surface area (Å²) in [4.78, 5) is 15.4. The number of carboxylic acid groups (broad SMARTS) is 1. The van der Waals surface area contributed by atoms with Crippen molar-refractivity contribution in [3.8, 4) is 0 Å². The fourth-order valence-corrected chi connectivity index (χ4v) is 3.26. The van der Waals surface area contributed by atoms with Crippen LogP contribution in [0.15, 0.2) is 5.16 Å². The maximum atomic E-state index is 10.6. The van der Waals surface area contributed by atoms with Gasteiger partial charge in [0, 0.05) is 39.8 Å². The van der Waals surface area contributed by atoms with Crippen LogP contribution in [-0.2, 0) is 11.8 Å². The van der Waals surface area contributed by atoms with E-state index >= 15 is 0 Å². The van der Waals surface area contributed by atoms with Crippen LogP contribution in [-0.4, -0.2) is 69.2 Å². The third-order valence-corrected chi connectivity index (χ3v) is 5.01. The van der Waals surface area contributed by atoms with Crippen LogP contribution in [0.5, 0.6) is 0 Å². The highest BCUT2D eigenvalue weighted by Crippen LogP contribution is 2.30. The predicted octanol–water partition coefficient (Wildman–Crippen LogP) is 0.524. The lowest BCUT2D eigenvalue weighted by Gasteiger charge is -2.35. The minimum absolute atomic E-state index is 0.0150. The minimum atomic E-state index is -0.835. The van der Waals surface area contributed by atoms with E-state index in [1.165, 1.54) is 31.1 Å². The second-order valence-corrected chi connectivity index (χ2v) is 6.70. The number of nitrogens with zero attached hydrogens (tertiary/aromatic N) is 5. The molecule has 8 heteroatoms. The fraction of sp³-hybridized carbons (Fsp3) is 0.769. The highest BCUT2D eigenvalue weighted by Gasteiger charge is 2.27. The SMILES string of the molecule is Cn1c(SCC(=O)O)nnc1N1CCN(CC2CC2)CC1. The van der Waals surface area contributed by atoms with Gasteiger partial charge in [-0.05, 0) is 18.8 Å². The first-order valence-electron chi connectivity index (χ1n) is 7.35. The average molecular weight is 311 g/mol. The highest BCUT2D eigenvalue weighted by atomic mass is 32.2. The van der Waals surface area contributed by atoms with Gasteiger partial charge in [-0.2, -0.15) is 0 Å². The molecule has 0 aromatic carbocycles. The number of aromatic nitrogens is 3. The van der Waals surface area contributed by atoms with E-state index in [9.17, 15) is 4.79 Å². The fourth-order valence-electron chi connectivity index (χ4n) is 2.63. The van der Waals surface area contributed by atoms with E-state index in [1.807, 2.05) is 11.6 Å². The molecule has 1 saturated heterocycles. The van der Waals surface area contributed by atoms with Crippen LogP contribution in [0.1, 0.15) is 12.8 Å². The minimum Gasteiger partial charge on any atom is -0.481 e. The van der Waals surface area contributed by atoms with E-state index in [1.54, 1.807) is 0 Å². The van der Waals surface area contributed by atoms with Crippen molar-refractivity contribution in [2.75, 3.05) is 43.4 Å². The molecular formula is C13H21N5O2S. The summed E-state index contributed by atoms with van der Waals surface area (Å²) >= 11 is 1.21. The first-order valence-corrected chi connectivity index (χ1v) is 8.33. The summed E-state index contributed by atoms with van der Waals surface area (Å²) in [5.74, 6) is 0.957. The zero-order chi connectivity index (χ0) is 14.8. The van der Waals surface area contributed by atoms with Gasteiger partial charge in [-0.1, -0.05) is 11.8 Å².